The van der Waals surface area contributed by atoms with Gasteiger partial charge in [0.25, 0.3) is 0 Å². The second-order valence-corrected chi connectivity index (χ2v) is 9.17. The third kappa shape index (κ3) is 4.66. The SMILES string of the molecule is N#C/C(=C/c1cn(-c2ccccc2)nc1-c1ccc(Cl)cc1)c1nc(-c2ccc(Cl)cc2)cs1. The zero-order valence-corrected chi connectivity index (χ0v) is 20.0. The maximum absolute atomic E-state index is 9.96. The molecule has 0 fully saturated rings. The Kier molecular flexibility index (Phi) is 6.29. The molecule has 0 saturated carbocycles. The summed E-state index contributed by atoms with van der Waals surface area (Å²) in [5.74, 6) is 0. The molecule has 4 nitrogen and oxygen atoms in total. The summed E-state index contributed by atoms with van der Waals surface area (Å²) >= 11 is 13.5. The van der Waals surface area contributed by atoms with Gasteiger partial charge < -0.3 is 0 Å². The van der Waals surface area contributed by atoms with E-state index < -0.39 is 0 Å². The van der Waals surface area contributed by atoms with E-state index in [9.17, 15) is 5.26 Å². The number of thiazole rings is 1. The van der Waals surface area contributed by atoms with Gasteiger partial charge in [-0.1, -0.05) is 65.7 Å². The lowest BCUT2D eigenvalue weighted by molar-refractivity contribution is 0.884. The largest absolute Gasteiger partial charge is 0.240 e. The number of hydrogen-bond donors (Lipinski definition) is 0. The normalized spacial score (nSPS) is 11.4. The summed E-state index contributed by atoms with van der Waals surface area (Å²) in [4.78, 5) is 4.70. The second-order valence-electron chi connectivity index (χ2n) is 7.43. The first kappa shape index (κ1) is 22.1. The highest BCUT2D eigenvalue weighted by molar-refractivity contribution is 7.11. The maximum atomic E-state index is 9.96. The van der Waals surface area contributed by atoms with Crippen LogP contribution >= 0.6 is 34.5 Å². The Morgan fingerprint density at radius 1 is 0.882 bits per heavy atom. The number of benzene rings is 3. The van der Waals surface area contributed by atoms with Crippen LogP contribution in [-0.4, -0.2) is 14.8 Å². The molecular formula is C27H16Cl2N4S. The molecule has 0 saturated heterocycles. The van der Waals surface area contributed by atoms with Crippen LogP contribution in [0, 0.1) is 11.3 Å². The first-order valence-corrected chi connectivity index (χ1v) is 12.0. The number of nitriles is 1. The van der Waals surface area contributed by atoms with Gasteiger partial charge in [0, 0.05) is 38.3 Å². The summed E-state index contributed by atoms with van der Waals surface area (Å²) in [7, 11) is 0. The smallest absolute Gasteiger partial charge is 0.134 e. The first-order chi connectivity index (χ1) is 16.6. The molecule has 0 amide bonds. The summed E-state index contributed by atoms with van der Waals surface area (Å²) in [6, 6.07) is 27.1. The summed E-state index contributed by atoms with van der Waals surface area (Å²) in [5, 5.41) is 18.7. The molecule has 2 heterocycles. The van der Waals surface area contributed by atoms with Gasteiger partial charge in [-0.15, -0.1) is 11.3 Å². The molecule has 34 heavy (non-hydrogen) atoms. The fourth-order valence-electron chi connectivity index (χ4n) is 3.49. The van der Waals surface area contributed by atoms with E-state index >= 15 is 0 Å². The fraction of sp³-hybridized carbons (Fsp3) is 0. The Bertz CT molecular complexity index is 1510. The summed E-state index contributed by atoms with van der Waals surface area (Å²) in [6.45, 7) is 0. The van der Waals surface area contributed by atoms with Crippen LogP contribution in [0.25, 0.3) is 39.9 Å². The molecular weight excluding hydrogens is 483 g/mol. The van der Waals surface area contributed by atoms with Gasteiger partial charge in [-0.3, -0.25) is 0 Å². The van der Waals surface area contributed by atoms with Crippen LogP contribution in [0.15, 0.2) is 90.4 Å². The highest BCUT2D eigenvalue weighted by Crippen LogP contribution is 2.31. The van der Waals surface area contributed by atoms with Crippen molar-refractivity contribution in [3.05, 3.63) is 111 Å². The predicted molar refractivity (Wildman–Crippen MR) is 140 cm³/mol. The lowest BCUT2D eigenvalue weighted by Gasteiger charge is -2.01. The van der Waals surface area contributed by atoms with Crippen LogP contribution in [0.5, 0.6) is 0 Å². The number of allylic oxidation sites excluding steroid dienone is 1. The van der Waals surface area contributed by atoms with Crippen LogP contribution in [0.1, 0.15) is 10.6 Å². The van der Waals surface area contributed by atoms with Gasteiger partial charge in [0.05, 0.1) is 22.6 Å². The van der Waals surface area contributed by atoms with Crippen LogP contribution in [0.4, 0.5) is 0 Å². The number of nitrogens with zero attached hydrogens (tertiary/aromatic N) is 4. The van der Waals surface area contributed by atoms with Crippen molar-refractivity contribution in [2.45, 2.75) is 0 Å². The molecule has 0 spiro atoms. The molecule has 164 valence electrons. The molecule has 2 aromatic heterocycles. The third-order valence-electron chi connectivity index (χ3n) is 5.18. The van der Waals surface area contributed by atoms with E-state index in [1.165, 1.54) is 11.3 Å². The second kappa shape index (κ2) is 9.66. The molecule has 5 aromatic rings. The molecule has 0 atom stereocenters. The van der Waals surface area contributed by atoms with Crippen LogP contribution < -0.4 is 0 Å². The van der Waals surface area contributed by atoms with Gasteiger partial charge in [-0.25, -0.2) is 9.67 Å². The Balaban J connectivity index is 1.58. The van der Waals surface area contributed by atoms with E-state index in [4.69, 9.17) is 33.3 Å². The van der Waals surface area contributed by atoms with Crippen molar-refractivity contribution in [3.63, 3.8) is 0 Å². The monoisotopic (exact) mass is 498 g/mol. The molecule has 0 aliphatic rings. The van der Waals surface area contributed by atoms with Gasteiger partial charge >= 0.3 is 0 Å². The van der Waals surface area contributed by atoms with Gasteiger partial charge in [0.2, 0.25) is 0 Å². The first-order valence-electron chi connectivity index (χ1n) is 10.4. The zero-order chi connectivity index (χ0) is 23.5. The molecule has 5 rings (SSSR count). The van der Waals surface area contributed by atoms with Crippen LogP contribution in [0.2, 0.25) is 10.0 Å². The van der Waals surface area contributed by atoms with Crippen LogP contribution in [-0.2, 0) is 0 Å². The number of rotatable bonds is 5. The minimum Gasteiger partial charge on any atom is -0.240 e. The Morgan fingerprint density at radius 2 is 1.53 bits per heavy atom. The summed E-state index contributed by atoms with van der Waals surface area (Å²) in [6.07, 6.45) is 3.76. The molecule has 0 aliphatic heterocycles. The zero-order valence-electron chi connectivity index (χ0n) is 17.7. The number of para-hydroxylation sites is 1. The Hall–Kier alpha value is -3.69. The third-order valence-corrected chi connectivity index (χ3v) is 6.56. The van der Waals surface area contributed by atoms with Crippen molar-refractivity contribution in [2.24, 2.45) is 0 Å². The predicted octanol–water partition coefficient (Wildman–Crippen LogP) is 8.03. The maximum Gasteiger partial charge on any atom is 0.134 e. The molecule has 3 aromatic carbocycles. The average molecular weight is 499 g/mol. The number of halogens is 2. The van der Waals surface area contributed by atoms with E-state index in [2.05, 4.69) is 6.07 Å². The molecule has 0 unspecified atom stereocenters. The average Bonchev–Trinajstić information content (AvgIpc) is 3.52. The number of hydrogen-bond acceptors (Lipinski definition) is 4. The molecule has 0 radical (unpaired) electrons. The summed E-state index contributed by atoms with van der Waals surface area (Å²) in [5.41, 5.74) is 5.61. The summed E-state index contributed by atoms with van der Waals surface area (Å²) < 4.78 is 1.81. The van der Waals surface area contributed by atoms with Crippen molar-refractivity contribution < 1.29 is 0 Å². The van der Waals surface area contributed by atoms with E-state index in [1.54, 1.807) is 0 Å². The van der Waals surface area contributed by atoms with E-state index in [0.29, 0.717) is 20.6 Å². The lowest BCUT2D eigenvalue weighted by Crippen LogP contribution is -1.93. The molecule has 0 N–H and O–H groups in total. The highest BCUT2D eigenvalue weighted by atomic mass is 35.5. The number of aromatic nitrogens is 3. The van der Waals surface area contributed by atoms with Crippen molar-refractivity contribution >= 4 is 46.2 Å². The Labute approximate surface area is 211 Å². The minimum absolute atomic E-state index is 0.466. The fourth-order valence-corrected chi connectivity index (χ4v) is 4.53. The van der Waals surface area contributed by atoms with E-state index in [0.717, 1.165) is 33.8 Å². The van der Waals surface area contributed by atoms with Gasteiger partial charge in [0.1, 0.15) is 11.1 Å². The molecule has 0 aliphatic carbocycles. The van der Waals surface area contributed by atoms with Crippen LogP contribution in [0.3, 0.4) is 0 Å². The lowest BCUT2D eigenvalue weighted by atomic mass is 10.1. The van der Waals surface area contributed by atoms with Crippen molar-refractivity contribution in [3.8, 4) is 34.3 Å². The minimum atomic E-state index is 0.466. The quantitative estimate of drug-likeness (QED) is 0.230. The Morgan fingerprint density at radius 3 is 2.18 bits per heavy atom. The topological polar surface area (TPSA) is 54.5 Å². The van der Waals surface area contributed by atoms with Crippen molar-refractivity contribution in [1.82, 2.24) is 14.8 Å². The highest BCUT2D eigenvalue weighted by Gasteiger charge is 2.15. The van der Waals surface area contributed by atoms with Crippen molar-refractivity contribution in [2.75, 3.05) is 0 Å². The van der Waals surface area contributed by atoms with Crippen molar-refractivity contribution in [1.29, 1.82) is 5.26 Å². The van der Waals surface area contributed by atoms with Gasteiger partial charge in [0.15, 0.2) is 0 Å². The molecule has 7 heteroatoms. The van der Waals surface area contributed by atoms with Gasteiger partial charge in [-0.05, 0) is 42.5 Å². The van der Waals surface area contributed by atoms with E-state index in [1.807, 2.05) is 101 Å². The van der Waals surface area contributed by atoms with E-state index in [-0.39, 0.29) is 0 Å². The van der Waals surface area contributed by atoms with Gasteiger partial charge in [-0.2, -0.15) is 10.4 Å². The standard InChI is InChI=1S/C27H16Cl2N4S/c28-22-10-6-18(7-11-22)25-17-34-27(31-25)20(15-30)14-21-16-33(24-4-2-1-3-5-24)32-26(21)19-8-12-23(29)13-9-19/h1-14,16-17H/b20-14-. The molecule has 0 bridgehead atoms.